The number of anilines is 1. The number of nitrogens with zero attached hydrogens (tertiary/aromatic N) is 4. The maximum Gasteiger partial charge on any atom is 0.256 e. The van der Waals surface area contributed by atoms with Gasteiger partial charge >= 0.3 is 0 Å². The van der Waals surface area contributed by atoms with Crippen molar-refractivity contribution in [1.29, 1.82) is 0 Å². The van der Waals surface area contributed by atoms with E-state index in [0.29, 0.717) is 25.2 Å². The minimum Gasteiger partial charge on any atom is -0.364 e. The first-order valence-electron chi connectivity index (χ1n) is 11.8. The highest BCUT2D eigenvalue weighted by atomic mass is 35.5. The Kier molecular flexibility index (Phi) is 9.75. The Hall–Kier alpha value is -3.58. The minimum atomic E-state index is 0. The Balaban J connectivity index is 0.00000133. The SMILES string of the molecule is Cl.Cl.Cl.O=C(c1cccc2cccnc12)N1CCN(Cc2cnc[nH]2)c2ccc(-c3ccccc3)cc2C1. The van der Waals surface area contributed by atoms with Crippen LogP contribution in [0.2, 0.25) is 0 Å². The summed E-state index contributed by atoms with van der Waals surface area (Å²) >= 11 is 0. The molecular weight excluding hydrogens is 541 g/mol. The van der Waals surface area contributed by atoms with E-state index in [9.17, 15) is 4.79 Å². The second-order valence-electron chi connectivity index (χ2n) is 8.82. The predicted octanol–water partition coefficient (Wildman–Crippen LogP) is 6.55. The molecule has 1 aliphatic rings. The molecule has 6 nitrogen and oxygen atoms in total. The van der Waals surface area contributed by atoms with Gasteiger partial charge in [-0.25, -0.2) is 4.98 Å². The van der Waals surface area contributed by atoms with Gasteiger partial charge in [-0.15, -0.1) is 37.2 Å². The highest BCUT2D eigenvalue weighted by Crippen LogP contribution is 2.32. The van der Waals surface area contributed by atoms with E-state index in [0.717, 1.165) is 45.5 Å². The van der Waals surface area contributed by atoms with Crippen LogP contribution in [0.5, 0.6) is 0 Å². The van der Waals surface area contributed by atoms with Crippen molar-refractivity contribution in [2.24, 2.45) is 0 Å². The van der Waals surface area contributed by atoms with E-state index in [2.05, 4.69) is 62.3 Å². The van der Waals surface area contributed by atoms with Crippen molar-refractivity contribution in [2.75, 3.05) is 18.0 Å². The van der Waals surface area contributed by atoms with E-state index in [-0.39, 0.29) is 43.1 Å². The average Bonchev–Trinajstić information content (AvgIpc) is 3.36. The Morgan fingerprint density at radius 3 is 2.47 bits per heavy atom. The van der Waals surface area contributed by atoms with Gasteiger partial charge in [-0.3, -0.25) is 9.78 Å². The molecule has 1 aliphatic heterocycles. The summed E-state index contributed by atoms with van der Waals surface area (Å²) in [4.78, 5) is 30.0. The third-order valence-electron chi connectivity index (χ3n) is 6.59. The molecule has 1 amide bonds. The van der Waals surface area contributed by atoms with Gasteiger partial charge in [0.1, 0.15) is 0 Å². The standard InChI is InChI=1S/C29H25N5O.3ClH/c35-29(26-10-4-8-22-9-5-13-31-28(22)26)34-15-14-33(19-25-17-30-20-32-25)27-12-11-23(16-24(27)18-34)21-6-2-1-3-7-21;;;/h1-13,16-17,20H,14-15,18-19H2,(H,30,32);3*1H. The zero-order valence-corrected chi connectivity index (χ0v) is 22.9. The number of aromatic nitrogens is 3. The quantitative estimate of drug-likeness (QED) is 0.267. The Labute approximate surface area is 240 Å². The second-order valence-corrected chi connectivity index (χ2v) is 8.82. The number of halogens is 3. The first-order valence-corrected chi connectivity index (χ1v) is 11.8. The van der Waals surface area contributed by atoms with E-state index in [4.69, 9.17) is 0 Å². The number of hydrogen-bond donors (Lipinski definition) is 1. The van der Waals surface area contributed by atoms with Gasteiger partial charge in [0.25, 0.3) is 5.91 Å². The van der Waals surface area contributed by atoms with Crippen LogP contribution in [0, 0.1) is 0 Å². The van der Waals surface area contributed by atoms with Gasteiger partial charge in [0.05, 0.1) is 29.6 Å². The molecule has 5 aromatic rings. The van der Waals surface area contributed by atoms with Gasteiger partial charge in [-0.05, 0) is 41.0 Å². The highest BCUT2D eigenvalue weighted by Gasteiger charge is 2.26. The summed E-state index contributed by atoms with van der Waals surface area (Å²) in [5.41, 5.74) is 7.02. The lowest BCUT2D eigenvalue weighted by molar-refractivity contribution is 0.0753. The zero-order chi connectivity index (χ0) is 23.6. The predicted molar refractivity (Wildman–Crippen MR) is 160 cm³/mol. The summed E-state index contributed by atoms with van der Waals surface area (Å²) in [6.07, 6.45) is 5.30. The van der Waals surface area contributed by atoms with E-state index < -0.39 is 0 Å². The van der Waals surface area contributed by atoms with Crippen molar-refractivity contribution in [3.8, 4) is 11.1 Å². The number of aromatic amines is 1. The number of imidazole rings is 1. The van der Waals surface area contributed by atoms with Gasteiger partial charge in [0, 0.05) is 43.1 Å². The van der Waals surface area contributed by atoms with Crippen LogP contribution < -0.4 is 4.90 Å². The molecule has 0 atom stereocenters. The summed E-state index contributed by atoms with van der Waals surface area (Å²) in [5, 5.41) is 0.973. The normalized spacial score (nSPS) is 12.4. The molecule has 0 radical (unpaired) electrons. The fourth-order valence-electron chi connectivity index (χ4n) is 4.84. The molecule has 9 heteroatoms. The molecule has 0 saturated heterocycles. The fourth-order valence-corrected chi connectivity index (χ4v) is 4.84. The molecule has 1 N–H and O–H groups in total. The fraction of sp³-hybridized carbons (Fsp3) is 0.138. The number of hydrogen-bond acceptors (Lipinski definition) is 4. The third-order valence-corrected chi connectivity index (χ3v) is 6.59. The molecule has 0 spiro atoms. The van der Waals surface area contributed by atoms with E-state index in [1.165, 1.54) is 0 Å². The van der Waals surface area contributed by atoms with E-state index in [1.54, 1.807) is 12.5 Å². The minimum absolute atomic E-state index is 0. The van der Waals surface area contributed by atoms with Crippen LogP contribution in [0.25, 0.3) is 22.0 Å². The van der Waals surface area contributed by atoms with Crippen LogP contribution in [-0.2, 0) is 13.1 Å². The lowest BCUT2D eigenvalue weighted by atomic mass is 10.0. The Morgan fingerprint density at radius 1 is 0.868 bits per heavy atom. The molecule has 0 bridgehead atoms. The number of carbonyl (C=O) groups excluding carboxylic acids is 1. The number of H-pyrrole nitrogens is 1. The first-order chi connectivity index (χ1) is 17.3. The molecule has 0 unspecified atom stereocenters. The number of para-hydroxylation sites is 1. The third kappa shape index (κ3) is 5.78. The van der Waals surface area contributed by atoms with Crippen molar-refractivity contribution in [3.05, 3.63) is 114 Å². The Bertz CT molecular complexity index is 1490. The number of amides is 1. The van der Waals surface area contributed by atoms with Gasteiger partial charge in [0.2, 0.25) is 0 Å². The topological polar surface area (TPSA) is 65.1 Å². The number of benzene rings is 3. The molecule has 2 aromatic heterocycles. The lowest BCUT2D eigenvalue weighted by Gasteiger charge is -2.24. The number of pyridine rings is 1. The largest absolute Gasteiger partial charge is 0.364 e. The summed E-state index contributed by atoms with van der Waals surface area (Å²) in [6, 6.07) is 26.6. The van der Waals surface area contributed by atoms with Crippen LogP contribution in [0.1, 0.15) is 21.6 Å². The van der Waals surface area contributed by atoms with E-state index >= 15 is 0 Å². The average molecular weight is 569 g/mol. The number of rotatable bonds is 4. The van der Waals surface area contributed by atoms with Gasteiger partial charge in [0.15, 0.2) is 0 Å². The highest BCUT2D eigenvalue weighted by molar-refractivity contribution is 6.05. The van der Waals surface area contributed by atoms with Crippen LogP contribution in [0.3, 0.4) is 0 Å². The molecule has 3 heterocycles. The lowest BCUT2D eigenvalue weighted by Crippen LogP contribution is -2.35. The monoisotopic (exact) mass is 567 g/mol. The number of carbonyl (C=O) groups is 1. The van der Waals surface area contributed by atoms with Gasteiger partial charge < -0.3 is 14.8 Å². The Morgan fingerprint density at radius 2 is 1.68 bits per heavy atom. The van der Waals surface area contributed by atoms with Gasteiger partial charge in [-0.1, -0.05) is 54.6 Å². The van der Waals surface area contributed by atoms with Crippen LogP contribution in [0.15, 0.2) is 97.6 Å². The molecule has 3 aromatic carbocycles. The zero-order valence-electron chi connectivity index (χ0n) is 20.5. The maximum atomic E-state index is 13.8. The second kappa shape index (κ2) is 12.8. The van der Waals surface area contributed by atoms with Crippen LogP contribution in [0.4, 0.5) is 5.69 Å². The van der Waals surface area contributed by atoms with Crippen molar-refractivity contribution in [1.82, 2.24) is 19.9 Å². The van der Waals surface area contributed by atoms with Crippen molar-refractivity contribution in [2.45, 2.75) is 13.1 Å². The summed E-state index contributed by atoms with van der Waals surface area (Å²) in [5.74, 6) is 0.00811. The van der Waals surface area contributed by atoms with Crippen molar-refractivity contribution >= 4 is 59.7 Å². The molecule has 0 fully saturated rings. The number of nitrogens with one attached hydrogen (secondary N) is 1. The van der Waals surface area contributed by atoms with Gasteiger partial charge in [-0.2, -0.15) is 0 Å². The molecular formula is C29H28Cl3N5O. The van der Waals surface area contributed by atoms with E-state index in [1.807, 2.05) is 47.5 Å². The van der Waals surface area contributed by atoms with Crippen LogP contribution in [-0.4, -0.2) is 38.8 Å². The van der Waals surface area contributed by atoms with Crippen molar-refractivity contribution in [3.63, 3.8) is 0 Å². The summed E-state index contributed by atoms with van der Waals surface area (Å²) < 4.78 is 0. The smallest absolute Gasteiger partial charge is 0.256 e. The van der Waals surface area contributed by atoms with Crippen LogP contribution >= 0.6 is 37.2 Å². The molecule has 6 rings (SSSR count). The summed E-state index contributed by atoms with van der Waals surface area (Å²) in [6.45, 7) is 2.58. The first kappa shape index (κ1) is 29.0. The summed E-state index contributed by atoms with van der Waals surface area (Å²) in [7, 11) is 0. The molecule has 0 aliphatic carbocycles. The number of fused-ring (bicyclic) bond motifs is 2. The van der Waals surface area contributed by atoms with Crippen molar-refractivity contribution < 1.29 is 4.79 Å². The maximum absolute atomic E-state index is 13.8. The molecule has 196 valence electrons. The molecule has 0 saturated carbocycles. The molecule has 38 heavy (non-hydrogen) atoms.